The minimum Gasteiger partial charge on any atom is -0.297 e. The zero-order valence-electron chi connectivity index (χ0n) is 9.91. The lowest BCUT2D eigenvalue weighted by Crippen LogP contribution is -2.06. The van der Waals surface area contributed by atoms with Gasteiger partial charge in [-0.15, -0.1) is 10.2 Å². The molecule has 0 radical (unpaired) electrons. The third-order valence-corrected chi connectivity index (χ3v) is 3.65. The molecular formula is C11H9ClN4O2S. The van der Waals surface area contributed by atoms with Crippen LogP contribution in [0.3, 0.4) is 0 Å². The molecule has 0 aliphatic heterocycles. The highest BCUT2D eigenvalue weighted by molar-refractivity contribution is 8.13. The summed E-state index contributed by atoms with van der Waals surface area (Å²) in [4.78, 5) is 0. The highest BCUT2D eigenvalue weighted by Crippen LogP contribution is 2.22. The average Bonchev–Trinajstić information content (AvgIpc) is 2.82. The van der Waals surface area contributed by atoms with Crippen LogP contribution in [0.15, 0.2) is 29.4 Å². The molecule has 0 fully saturated rings. The molecule has 8 heteroatoms. The van der Waals surface area contributed by atoms with Crippen LogP contribution in [0.4, 0.5) is 0 Å². The third kappa shape index (κ3) is 2.59. The van der Waals surface area contributed by atoms with E-state index in [4.69, 9.17) is 15.9 Å². The Morgan fingerprint density at radius 1 is 1.42 bits per heavy atom. The van der Waals surface area contributed by atoms with E-state index in [1.54, 1.807) is 31.2 Å². The van der Waals surface area contributed by atoms with Gasteiger partial charge in [-0.1, -0.05) is 12.1 Å². The summed E-state index contributed by atoms with van der Waals surface area (Å²) in [7, 11) is 1.35. The highest BCUT2D eigenvalue weighted by atomic mass is 35.7. The summed E-state index contributed by atoms with van der Waals surface area (Å²) >= 11 is 0. The number of hydrogen-bond donors (Lipinski definition) is 0. The number of rotatable bonds is 3. The van der Waals surface area contributed by atoms with Crippen molar-refractivity contribution in [1.82, 2.24) is 14.8 Å². The minimum atomic E-state index is -3.95. The molecule has 2 aromatic rings. The first-order valence-corrected chi connectivity index (χ1v) is 7.66. The van der Waals surface area contributed by atoms with Crippen molar-refractivity contribution < 1.29 is 8.42 Å². The van der Waals surface area contributed by atoms with Gasteiger partial charge in [0.25, 0.3) is 14.2 Å². The first-order chi connectivity index (χ1) is 8.97. The summed E-state index contributed by atoms with van der Waals surface area (Å²) in [5.41, 5.74) is 1.07. The zero-order valence-corrected chi connectivity index (χ0v) is 11.5. The van der Waals surface area contributed by atoms with E-state index in [0.717, 1.165) is 0 Å². The molecule has 0 saturated heterocycles. The molecule has 0 aliphatic rings. The summed E-state index contributed by atoms with van der Waals surface area (Å²) in [6.45, 7) is 2.10. The number of nitrogens with zero attached hydrogens (tertiary/aromatic N) is 4. The fourth-order valence-corrected chi connectivity index (χ4v) is 2.66. The Balaban J connectivity index is 2.64. The second-order valence-corrected chi connectivity index (χ2v) is 6.14. The topological polar surface area (TPSA) is 88.6 Å². The van der Waals surface area contributed by atoms with E-state index in [2.05, 4.69) is 10.2 Å². The quantitative estimate of drug-likeness (QED) is 0.805. The molecular weight excluding hydrogens is 288 g/mol. The van der Waals surface area contributed by atoms with E-state index in [1.165, 1.54) is 4.57 Å². The van der Waals surface area contributed by atoms with Gasteiger partial charge in [0, 0.05) is 22.8 Å². The van der Waals surface area contributed by atoms with Crippen LogP contribution in [-0.2, 0) is 15.6 Å². The van der Waals surface area contributed by atoms with E-state index in [9.17, 15) is 8.42 Å². The Bertz CT molecular complexity index is 761. The molecule has 0 aliphatic carbocycles. The van der Waals surface area contributed by atoms with Crippen molar-refractivity contribution in [3.8, 4) is 17.5 Å². The van der Waals surface area contributed by atoms with Crippen molar-refractivity contribution in [3.05, 3.63) is 29.8 Å². The molecule has 0 unspecified atom stereocenters. The maximum absolute atomic E-state index is 11.4. The monoisotopic (exact) mass is 296 g/mol. The van der Waals surface area contributed by atoms with Gasteiger partial charge in [0.1, 0.15) is 0 Å². The van der Waals surface area contributed by atoms with Gasteiger partial charge in [-0.25, -0.2) is 8.42 Å². The van der Waals surface area contributed by atoms with Gasteiger partial charge < -0.3 is 0 Å². The van der Waals surface area contributed by atoms with Gasteiger partial charge in [0.2, 0.25) is 0 Å². The summed E-state index contributed by atoms with van der Waals surface area (Å²) in [5.74, 6) is 0.360. The summed E-state index contributed by atoms with van der Waals surface area (Å²) in [6.07, 6.45) is 0. The maximum Gasteiger partial charge on any atom is 0.296 e. The Kier molecular flexibility index (Phi) is 3.55. The molecule has 1 aromatic heterocycles. The van der Waals surface area contributed by atoms with Gasteiger partial charge in [-0.2, -0.15) is 5.26 Å². The van der Waals surface area contributed by atoms with Crippen molar-refractivity contribution in [2.45, 2.75) is 18.6 Å². The Hall–Kier alpha value is -1.91. The molecule has 0 atom stereocenters. The minimum absolute atomic E-state index is 0.297. The average molecular weight is 297 g/mol. The standard InChI is InChI=1S/C11H9ClN4O2S/c1-2-16-10(14-15-11(16)19(12,17)18)9-5-3-4-8(6-9)7-13/h3-6H,2H2,1H3. The summed E-state index contributed by atoms with van der Waals surface area (Å²) in [5, 5.41) is 16.0. The molecule has 0 saturated carbocycles. The fraction of sp³-hybridized carbons (Fsp3) is 0.182. The lowest BCUT2D eigenvalue weighted by molar-refractivity contribution is 0.583. The Morgan fingerprint density at radius 3 is 2.74 bits per heavy atom. The molecule has 0 amide bonds. The zero-order chi connectivity index (χ0) is 14.0. The van der Waals surface area contributed by atoms with Crippen molar-refractivity contribution in [2.75, 3.05) is 0 Å². The molecule has 19 heavy (non-hydrogen) atoms. The number of nitriles is 1. The Labute approximate surface area is 114 Å². The molecule has 0 N–H and O–H groups in total. The Morgan fingerprint density at radius 2 is 2.16 bits per heavy atom. The lowest BCUT2D eigenvalue weighted by atomic mass is 10.1. The van der Waals surface area contributed by atoms with Crippen LogP contribution in [0.2, 0.25) is 0 Å². The van der Waals surface area contributed by atoms with E-state index in [-0.39, 0.29) is 5.16 Å². The summed E-state index contributed by atoms with van der Waals surface area (Å²) in [6, 6.07) is 8.69. The van der Waals surface area contributed by atoms with Crippen molar-refractivity contribution in [1.29, 1.82) is 5.26 Å². The second kappa shape index (κ2) is 4.99. The number of benzene rings is 1. The fourth-order valence-electron chi connectivity index (χ4n) is 1.70. The van der Waals surface area contributed by atoms with Crippen LogP contribution < -0.4 is 0 Å². The van der Waals surface area contributed by atoms with Crippen molar-refractivity contribution in [2.24, 2.45) is 0 Å². The van der Waals surface area contributed by atoms with Crippen LogP contribution in [-0.4, -0.2) is 23.2 Å². The first kappa shape index (κ1) is 13.5. The molecule has 0 bridgehead atoms. The van der Waals surface area contributed by atoms with Gasteiger partial charge in [0.05, 0.1) is 11.6 Å². The van der Waals surface area contributed by atoms with Crippen LogP contribution in [0.1, 0.15) is 12.5 Å². The van der Waals surface area contributed by atoms with E-state index in [1.807, 2.05) is 6.07 Å². The summed E-state index contributed by atoms with van der Waals surface area (Å²) < 4.78 is 24.1. The third-order valence-electron chi connectivity index (χ3n) is 2.50. The van der Waals surface area contributed by atoms with Crippen LogP contribution in [0.25, 0.3) is 11.4 Å². The van der Waals surface area contributed by atoms with Crippen LogP contribution in [0, 0.1) is 11.3 Å². The van der Waals surface area contributed by atoms with Crippen LogP contribution >= 0.6 is 10.7 Å². The van der Waals surface area contributed by atoms with Crippen LogP contribution in [0.5, 0.6) is 0 Å². The highest BCUT2D eigenvalue weighted by Gasteiger charge is 2.22. The van der Waals surface area contributed by atoms with Gasteiger partial charge in [0.15, 0.2) is 5.82 Å². The molecule has 6 nitrogen and oxygen atoms in total. The molecule has 1 aromatic carbocycles. The SMILES string of the molecule is CCn1c(-c2cccc(C#N)c2)nnc1S(=O)(=O)Cl. The van der Waals surface area contributed by atoms with E-state index in [0.29, 0.717) is 23.5 Å². The number of hydrogen-bond acceptors (Lipinski definition) is 5. The lowest BCUT2D eigenvalue weighted by Gasteiger charge is -2.05. The van der Waals surface area contributed by atoms with Gasteiger partial charge in [-0.3, -0.25) is 4.57 Å². The van der Waals surface area contributed by atoms with Gasteiger partial charge >= 0.3 is 0 Å². The van der Waals surface area contributed by atoms with Crippen molar-refractivity contribution >= 4 is 19.7 Å². The largest absolute Gasteiger partial charge is 0.297 e. The van der Waals surface area contributed by atoms with E-state index >= 15 is 0 Å². The molecule has 1 heterocycles. The molecule has 2 rings (SSSR count). The smallest absolute Gasteiger partial charge is 0.296 e. The maximum atomic E-state index is 11.4. The second-order valence-electron chi connectivity index (χ2n) is 3.68. The number of aromatic nitrogens is 3. The van der Waals surface area contributed by atoms with Gasteiger partial charge in [-0.05, 0) is 19.1 Å². The molecule has 98 valence electrons. The van der Waals surface area contributed by atoms with E-state index < -0.39 is 9.05 Å². The normalized spacial score (nSPS) is 11.2. The predicted octanol–water partition coefficient (Wildman–Crippen LogP) is 1.76. The van der Waals surface area contributed by atoms with Crippen molar-refractivity contribution in [3.63, 3.8) is 0 Å². The first-order valence-electron chi connectivity index (χ1n) is 5.35. The number of halogens is 1. The molecule has 0 spiro atoms. The predicted molar refractivity (Wildman–Crippen MR) is 68.9 cm³/mol.